The molecular weight excluding hydrogens is 172 g/mol. The van der Waals surface area contributed by atoms with Crippen LogP contribution in [0.2, 0.25) is 0 Å². The first kappa shape index (κ1) is 9.73. The van der Waals surface area contributed by atoms with E-state index in [2.05, 4.69) is 9.97 Å². The number of H-pyrrole nitrogens is 1. The number of aromatic nitrogens is 2. The molecule has 0 bridgehead atoms. The van der Waals surface area contributed by atoms with Gasteiger partial charge in [0.25, 0.3) is 5.56 Å². The summed E-state index contributed by atoms with van der Waals surface area (Å²) in [7, 11) is 0. The molecule has 1 atom stereocenters. The van der Waals surface area contributed by atoms with Gasteiger partial charge in [-0.1, -0.05) is 0 Å². The molecule has 1 heterocycles. The third-order valence-electron chi connectivity index (χ3n) is 1.55. The van der Waals surface area contributed by atoms with Crippen LogP contribution >= 0.6 is 0 Å². The summed E-state index contributed by atoms with van der Waals surface area (Å²) < 4.78 is 5.19. The van der Waals surface area contributed by atoms with Crippen molar-refractivity contribution in [3.8, 4) is 5.88 Å². The molecule has 5 heteroatoms. The van der Waals surface area contributed by atoms with Crippen molar-refractivity contribution in [2.24, 2.45) is 0 Å². The number of aromatic hydroxyl groups is 1. The highest BCUT2D eigenvalue weighted by Gasteiger charge is 2.08. The Hall–Kier alpha value is -1.36. The predicted molar refractivity (Wildman–Crippen MR) is 46.6 cm³/mol. The number of aromatic amines is 1. The van der Waals surface area contributed by atoms with Crippen molar-refractivity contribution in [1.82, 2.24) is 9.97 Å². The molecule has 0 aliphatic heterocycles. The van der Waals surface area contributed by atoms with Crippen molar-refractivity contribution in [2.75, 3.05) is 6.61 Å². The molecule has 0 radical (unpaired) electrons. The quantitative estimate of drug-likeness (QED) is 0.720. The lowest BCUT2D eigenvalue weighted by atomic mass is 10.3. The second kappa shape index (κ2) is 4.04. The first-order chi connectivity index (χ1) is 6.13. The lowest BCUT2D eigenvalue weighted by Gasteiger charge is -2.09. The zero-order chi connectivity index (χ0) is 9.84. The summed E-state index contributed by atoms with van der Waals surface area (Å²) in [4.78, 5) is 17.1. The van der Waals surface area contributed by atoms with Crippen LogP contribution in [0.3, 0.4) is 0 Å². The van der Waals surface area contributed by atoms with Gasteiger partial charge in [0.15, 0.2) is 0 Å². The van der Waals surface area contributed by atoms with Gasteiger partial charge in [-0.3, -0.25) is 4.79 Å². The highest BCUT2D eigenvalue weighted by molar-refractivity contribution is 5.07. The maximum Gasteiger partial charge on any atom is 0.254 e. The van der Waals surface area contributed by atoms with Crippen molar-refractivity contribution >= 4 is 0 Å². The topological polar surface area (TPSA) is 75.2 Å². The Morgan fingerprint density at radius 1 is 1.77 bits per heavy atom. The molecule has 13 heavy (non-hydrogen) atoms. The summed E-state index contributed by atoms with van der Waals surface area (Å²) >= 11 is 0. The van der Waals surface area contributed by atoms with E-state index in [1.807, 2.05) is 6.92 Å². The summed E-state index contributed by atoms with van der Waals surface area (Å²) in [5, 5.41) is 9.02. The third kappa shape index (κ3) is 2.55. The van der Waals surface area contributed by atoms with Crippen LogP contribution in [0.5, 0.6) is 5.88 Å². The molecule has 72 valence electrons. The maximum absolute atomic E-state index is 10.9. The summed E-state index contributed by atoms with van der Waals surface area (Å²) in [5.41, 5.74) is -0.381. The van der Waals surface area contributed by atoms with E-state index in [9.17, 15) is 4.79 Å². The van der Waals surface area contributed by atoms with E-state index in [4.69, 9.17) is 9.84 Å². The van der Waals surface area contributed by atoms with Crippen LogP contribution in [0.4, 0.5) is 0 Å². The SMILES string of the molecule is CCOC(C)c1nc(O)cc(=O)[nH]1. The average molecular weight is 184 g/mol. The van der Waals surface area contributed by atoms with Crippen molar-refractivity contribution in [2.45, 2.75) is 20.0 Å². The molecule has 1 aromatic heterocycles. The van der Waals surface area contributed by atoms with Crippen molar-refractivity contribution in [1.29, 1.82) is 0 Å². The number of hydrogen-bond acceptors (Lipinski definition) is 4. The van der Waals surface area contributed by atoms with E-state index in [1.165, 1.54) is 0 Å². The minimum Gasteiger partial charge on any atom is -0.493 e. The first-order valence-electron chi connectivity index (χ1n) is 4.05. The normalized spacial score (nSPS) is 12.8. The van der Waals surface area contributed by atoms with Gasteiger partial charge in [-0.2, -0.15) is 4.98 Å². The van der Waals surface area contributed by atoms with Crippen LogP contribution in [-0.2, 0) is 4.74 Å². The van der Waals surface area contributed by atoms with Crippen LogP contribution in [0.15, 0.2) is 10.9 Å². The summed E-state index contributed by atoms with van der Waals surface area (Å²) in [6.07, 6.45) is -0.315. The van der Waals surface area contributed by atoms with Crippen molar-refractivity contribution in [3.63, 3.8) is 0 Å². The number of nitrogens with zero attached hydrogens (tertiary/aromatic N) is 1. The minimum absolute atomic E-state index is 0.287. The largest absolute Gasteiger partial charge is 0.493 e. The second-order valence-electron chi connectivity index (χ2n) is 2.59. The summed E-state index contributed by atoms with van der Waals surface area (Å²) in [5.74, 6) is 0.0529. The van der Waals surface area contributed by atoms with Gasteiger partial charge in [0, 0.05) is 6.61 Å². The van der Waals surface area contributed by atoms with Gasteiger partial charge in [0.2, 0.25) is 5.88 Å². The molecule has 0 saturated heterocycles. The minimum atomic E-state index is -0.381. The number of ether oxygens (including phenoxy) is 1. The van der Waals surface area contributed by atoms with Crippen LogP contribution < -0.4 is 5.56 Å². The molecule has 2 N–H and O–H groups in total. The van der Waals surface area contributed by atoms with Gasteiger partial charge in [-0.15, -0.1) is 0 Å². The Balaban J connectivity index is 2.94. The average Bonchev–Trinajstić information content (AvgIpc) is 2.03. The number of hydrogen-bond donors (Lipinski definition) is 2. The Bertz CT molecular complexity index is 334. The Morgan fingerprint density at radius 3 is 3.00 bits per heavy atom. The lowest BCUT2D eigenvalue weighted by molar-refractivity contribution is 0.0694. The van der Waals surface area contributed by atoms with E-state index in [0.717, 1.165) is 6.07 Å². The molecule has 1 unspecified atom stereocenters. The van der Waals surface area contributed by atoms with Crippen LogP contribution in [-0.4, -0.2) is 21.7 Å². The Kier molecular flexibility index (Phi) is 3.02. The molecule has 1 aromatic rings. The smallest absolute Gasteiger partial charge is 0.254 e. The van der Waals surface area contributed by atoms with Crippen molar-refractivity contribution < 1.29 is 9.84 Å². The molecule has 0 aromatic carbocycles. The number of nitrogens with one attached hydrogen (secondary N) is 1. The highest BCUT2D eigenvalue weighted by Crippen LogP contribution is 2.11. The molecule has 5 nitrogen and oxygen atoms in total. The van der Waals surface area contributed by atoms with Gasteiger partial charge in [-0.25, -0.2) is 0 Å². The molecule has 0 aliphatic carbocycles. The van der Waals surface area contributed by atoms with Gasteiger partial charge in [0.05, 0.1) is 6.07 Å². The maximum atomic E-state index is 10.9. The summed E-state index contributed by atoms with van der Waals surface area (Å²) in [6, 6.07) is 1.02. The van der Waals surface area contributed by atoms with Crippen molar-refractivity contribution in [3.05, 3.63) is 22.2 Å². The lowest BCUT2D eigenvalue weighted by Crippen LogP contribution is -2.13. The van der Waals surface area contributed by atoms with Gasteiger partial charge in [-0.05, 0) is 13.8 Å². The third-order valence-corrected chi connectivity index (χ3v) is 1.55. The molecule has 0 saturated carbocycles. The fraction of sp³-hybridized carbons (Fsp3) is 0.500. The predicted octanol–water partition coefficient (Wildman–Crippen LogP) is 0.573. The molecule has 0 aliphatic rings. The zero-order valence-electron chi connectivity index (χ0n) is 7.57. The van der Waals surface area contributed by atoms with Gasteiger partial charge < -0.3 is 14.8 Å². The van der Waals surface area contributed by atoms with E-state index in [-0.39, 0.29) is 17.5 Å². The fourth-order valence-electron chi connectivity index (χ4n) is 0.985. The van der Waals surface area contributed by atoms with E-state index in [1.54, 1.807) is 6.92 Å². The molecule has 0 amide bonds. The Labute approximate surface area is 75.4 Å². The molecular formula is C8H12N2O3. The zero-order valence-corrected chi connectivity index (χ0v) is 7.57. The van der Waals surface area contributed by atoms with Gasteiger partial charge in [0.1, 0.15) is 11.9 Å². The standard InChI is InChI=1S/C8H12N2O3/c1-3-13-5(2)8-9-6(11)4-7(12)10-8/h4-5H,3H2,1-2H3,(H2,9,10,11,12). The van der Waals surface area contributed by atoms with Crippen LogP contribution in [0, 0.1) is 0 Å². The van der Waals surface area contributed by atoms with E-state index < -0.39 is 0 Å². The molecule has 1 rings (SSSR count). The Morgan fingerprint density at radius 2 is 2.46 bits per heavy atom. The van der Waals surface area contributed by atoms with E-state index >= 15 is 0 Å². The second-order valence-corrected chi connectivity index (χ2v) is 2.59. The molecule has 0 fully saturated rings. The number of rotatable bonds is 3. The first-order valence-corrected chi connectivity index (χ1v) is 4.05. The van der Waals surface area contributed by atoms with E-state index in [0.29, 0.717) is 12.4 Å². The van der Waals surface area contributed by atoms with Crippen LogP contribution in [0.25, 0.3) is 0 Å². The van der Waals surface area contributed by atoms with Crippen LogP contribution in [0.1, 0.15) is 25.8 Å². The monoisotopic (exact) mass is 184 g/mol. The summed E-state index contributed by atoms with van der Waals surface area (Å²) in [6.45, 7) is 4.12. The molecule has 0 spiro atoms. The van der Waals surface area contributed by atoms with Gasteiger partial charge >= 0.3 is 0 Å². The fourth-order valence-corrected chi connectivity index (χ4v) is 0.985. The highest BCUT2D eigenvalue weighted by atomic mass is 16.5.